The summed E-state index contributed by atoms with van der Waals surface area (Å²) in [7, 11) is -1.07. The Morgan fingerprint density at radius 3 is 1.15 bits per heavy atom. The first-order chi connectivity index (χ1) is 67.2. The fraction of sp³-hybridized carbons (Fsp3) is 0.330. The molecule has 0 radical (unpaired) electrons. The van der Waals surface area contributed by atoms with E-state index in [1.54, 1.807) is 47.5 Å². The van der Waals surface area contributed by atoms with Gasteiger partial charge in [-0.05, 0) is 218 Å². The van der Waals surface area contributed by atoms with Crippen molar-refractivity contribution in [2.24, 2.45) is 41.0 Å². The van der Waals surface area contributed by atoms with Crippen molar-refractivity contribution in [1.29, 1.82) is 0 Å². The van der Waals surface area contributed by atoms with Gasteiger partial charge in [0.05, 0.1) is 126 Å². The average Bonchev–Trinajstić information content (AvgIpc) is 1.62. The molecule has 0 atom stereocenters. The lowest BCUT2D eigenvalue weighted by Crippen LogP contribution is -2.33. The molecule has 18 aromatic heterocycles. The lowest BCUT2D eigenvalue weighted by molar-refractivity contribution is -0.151. The van der Waals surface area contributed by atoms with Crippen LogP contribution in [0.1, 0.15) is 162 Å². The smallest absolute Gasteiger partial charge is 0.309 e. The molecule has 1 saturated heterocycles. The Balaban J connectivity index is 0.000000110. The predicted molar refractivity (Wildman–Crippen MR) is 526 cm³/mol. The molecule has 0 unspecified atom stereocenters. The van der Waals surface area contributed by atoms with E-state index in [1.807, 2.05) is 202 Å². The number of aromatic amines is 4. The highest BCUT2D eigenvalue weighted by Crippen LogP contribution is 2.46. The second-order valence-corrected chi connectivity index (χ2v) is 41.0. The molecule has 36 heteroatoms. The van der Waals surface area contributed by atoms with Gasteiger partial charge in [-0.1, -0.05) is 66.7 Å². The van der Waals surface area contributed by atoms with Crippen molar-refractivity contribution in [3.63, 3.8) is 0 Å². The number of benzene rings is 2. The van der Waals surface area contributed by atoms with Gasteiger partial charge in [0.25, 0.3) is 0 Å². The number of para-hydroxylation sites is 1. The predicted octanol–water partition coefficient (Wildman–Crippen LogP) is 17.9. The van der Waals surface area contributed by atoms with Gasteiger partial charge in [0.15, 0.2) is 45.2 Å². The van der Waals surface area contributed by atoms with Gasteiger partial charge in [0.1, 0.15) is 9.84 Å². The lowest BCUT2D eigenvalue weighted by Gasteiger charge is -2.33. The molecule has 7 N–H and O–H groups in total. The minimum atomic E-state index is -2.95. The molecule has 20 aromatic rings. The van der Waals surface area contributed by atoms with Crippen molar-refractivity contribution >= 4 is 105 Å². The van der Waals surface area contributed by atoms with Crippen molar-refractivity contribution in [1.82, 2.24) is 134 Å². The van der Waals surface area contributed by atoms with Crippen molar-refractivity contribution in [3.8, 4) is 78.3 Å². The summed E-state index contributed by atoms with van der Waals surface area (Å²) in [5, 5.41) is 86.9. The molecule has 4 aliphatic rings. The third-order valence-corrected chi connectivity index (χ3v) is 31.0. The van der Waals surface area contributed by atoms with Gasteiger partial charge >= 0.3 is 17.9 Å². The number of carbonyl (C=O) groups is 3. The van der Waals surface area contributed by atoms with Gasteiger partial charge in [0.2, 0.25) is 0 Å². The van der Waals surface area contributed by atoms with Crippen LogP contribution in [0.15, 0.2) is 184 Å². The number of rotatable bonds is 17. The molecule has 139 heavy (non-hydrogen) atoms. The number of hydrogen-bond acceptors (Lipinski definition) is 23. The van der Waals surface area contributed by atoms with Crippen molar-refractivity contribution in [2.75, 3.05) is 11.5 Å². The highest BCUT2D eigenvalue weighted by molar-refractivity contribution is 7.91. The molecule has 19 heterocycles. The molecule has 704 valence electrons. The molecule has 0 amide bonds. The summed E-state index contributed by atoms with van der Waals surface area (Å²) in [6.45, 7) is 13.6. The van der Waals surface area contributed by atoms with E-state index in [2.05, 4.69) is 103 Å². The number of H-pyrrole nitrogens is 4. The zero-order chi connectivity index (χ0) is 95.9. The van der Waals surface area contributed by atoms with E-state index in [0.29, 0.717) is 80.4 Å². The number of sulfone groups is 1. The second-order valence-electron chi connectivity index (χ2n) is 38.7. The summed E-state index contributed by atoms with van der Waals surface area (Å²) < 4.78 is 32.8. The Morgan fingerprint density at radius 1 is 0.381 bits per heavy atom. The number of aliphatic carboxylic acids is 3. The zero-order valence-corrected chi connectivity index (χ0v) is 79.0. The number of pyridine rings is 5. The molecule has 0 bridgehead atoms. The summed E-state index contributed by atoms with van der Waals surface area (Å²) in [4.78, 5) is 78.1. The maximum atomic E-state index is 12.0. The van der Waals surface area contributed by atoms with Crippen molar-refractivity contribution in [2.45, 2.75) is 164 Å². The van der Waals surface area contributed by atoms with Gasteiger partial charge < -0.3 is 15.3 Å². The Morgan fingerprint density at radius 2 is 0.755 bits per heavy atom. The topological polar surface area (TPSA) is 464 Å². The van der Waals surface area contributed by atoms with Gasteiger partial charge in [-0.3, -0.25) is 64.4 Å². The Bertz CT molecular complexity index is 7960. The zero-order valence-electron chi connectivity index (χ0n) is 78.1. The van der Waals surface area contributed by atoms with Crippen LogP contribution in [0.3, 0.4) is 0 Å². The number of carboxylic acid groups (broad SMARTS) is 3. The molecule has 3 aliphatic carbocycles. The van der Waals surface area contributed by atoms with Crippen LogP contribution in [0, 0.1) is 61.7 Å². The van der Waals surface area contributed by atoms with E-state index in [-0.39, 0.29) is 17.4 Å². The first-order valence-corrected chi connectivity index (χ1v) is 49.0. The fourth-order valence-corrected chi connectivity index (χ4v) is 22.1. The SMILES string of the molecule is Cc1[nH]nc2c1c(C1CCS(=O)(=O)CC1)nc1c(-c3cnc4ccccc4c3)cnn12.Cc1[nH]nc2c1c(CC1CCC(C)(C(=O)O)CC1)nc1c(-c3ccc(-c4ccccc4)nc3)cnn12.Cc1[nH]nc2c1c(CC1CCC(C)(C(=O)O)CC1)nc1c(-c3ccc(-c4cccnc4)nc3)cnn12.Cc1[nH]nc2c1c(CC1CCC(C)(C(=O)O)CC1)nc1c(-c3ccc(-c4cnn(C)c4)nc3)cnn12. The van der Waals surface area contributed by atoms with Gasteiger partial charge in [-0.25, -0.2) is 28.4 Å². The highest BCUT2D eigenvalue weighted by Gasteiger charge is 2.42. The number of aryl methyl sites for hydroxylation is 5. The lowest BCUT2D eigenvalue weighted by atomic mass is 9.70. The number of carboxylic acids is 3. The van der Waals surface area contributed by atoms with Crippen LogP contribution in [-0.4, -0.2) is 187 Å². The third-order valence-electron chi connectivity index (χ3n) is 29.3. The third kappa shape index (κ3) is 17.2. The van der Waals surface area contributed by atoms with Crippen LogP contribution in [0.4, 0.5) is 0 Å². The molecule has 0 spiro atoms. The Labute approximate surface area is 796 Å². The largest absolute Gasteiger partial charge is 0.481 e. The van der Waals surface area contributed by atoms with E-state index in [4.69, 9.17) is 19.9 Å². The normalized spacial score (nSPS) is 19.6. The average molecular weight is 1880 g/mol. The van der Waals surface area contributed by atoms with Gasteiger partial charge in [-0.15, -0.1) is 0 Å². The van der Waals surface area contributed by atoms with E-state index in [9.17, 15) is 38.1 Å². The summed E-state index contributed by atoms with van der Waals surface area (Å²) in [6, 6.07) is 36.2. The quantitative estimate of drug-likeness (QED) is 0.0445. The molecular weight excluding hydrogens is 1780 g/mol. The maximum absolute atomic E-state index is 12.0. The van der Waals surface area contributed by atoms with Crippen LogP contribution in [0.2, 0.25) is 0 Å². The second kappa shape index (κ2) is 36.1. The highest BCUT2D eigenvalue weighted by atomic mass is 32.2. The molecule has 4 fully saturated rings. The van der Waals surface area contributed by atoms with Crippen molar-refractivity contribution < 1.29 is 38.1 Å². The van der Waals surface area contributed by atoms with Gasteiger partial charge in [0, 0.05) is 146 Å². The van der Waals surface area contributed by atoms with Crippen molar-refractivity contribution in [3.05, 3.63) is 229 Å². The number of nitrogens with zero attached hydrogens (tertiary/aromatic N) is 23. The number of aromatic nitrogens is 27. The first-order valence-electron chi connectivity index (χ1n) is 47.1. The van der Waals surface area contributed by atoms with Crippen LogP contribution < -0.4 is 0 Å². The van der Waals surface area contributed by atoms with Crippen LogP contribution in [-0.2, 0) is 50.5 Å². The van der Waals surface area contributed by atoms with Gasteiger partial charge in [-0.2, -0.15) is 63.9 Å². The van der Waals surface area contributed by atoms with Crippen LogP contribution in [0.25, 0.3) is 156 Å². The molecular formula is C103H103N27O8S. The monoisotopic (exact) mass is 1880 g/mol. The minimum Gasteiger partial charge on any atom is -0.481 e. The molecule has 3 saturated carbocycles. The minimum absolute atomic E-state index is 0.0739. The molecule has 2 aromatic carbocycles. The summed E-state index contributed by atoms with van der Waals surface area (Å²) in [6.07, 6.45) is 34.8. The Kier molecular flexibility index (Phi) is 23.4. The molecule has 35 nitrogen and oxygen atoms in total. The van der Waals surface area contributed by atoms with E-state index in [0.717, 1.165) is 248 Å². The van der Waals surface area contributed by atoms with Crippen LogP contribution >= 0.6 is 0 Å². The summed E-state index contributed by atoms with van der Waals surface area (Å²) >= 11 is 0. The Hall–Kier alpha value is -15.6. The fourth-order valence-electron chi connectivity index (χ4n) is 20.6. The van der Waals surface area contributed by atoms with E-state index in [1.165, 1.54) is 0 Å². The van der Waals surface area contributed by atoms with E-state index >= 15 is 0 Å². The van der Waals surface area contributed by atoms with E-state index < -0.39 is 44.0 Å². The number of fused-ring (bicyclic) bond motifs is 13. The number of hydrogen-bond donors (Lipinski definition) is 7. The molecule has 1 aliphatic heterocycles. The maximum Gasteiger partial charge on any atom is 0.309 e. The standard InChI is InChI=1S/C28H28N6O2.C27H27N7O2.C26H28N8O2.C22H20N6O2S/c1-17-24-23(14-18-10-12-28(2,13-11-18)27(35)36)31-25-21(16-30-34(25)26(24)33-32-17)20-8-9-22(29-15-20)19-6-4-3-5-7-19;1-16-23-22(12-17-7-9-27(2,10-8-17)26(35)36)31-24-20(15-30-34(24)25(23)33-32-16)18-5-6-21(29-14-18)19-4-3-11-28-13-19;1-15-22-21(10-16-6-8-26(2,9-7-16)25(35)36)30-23-19(13-29-34(23)24(22)32-31-15)17-4-5-20(27-11-17)18-12-28-33(3)14-18;1-13-19-20(14-6-8-31(29,30)9-7-14)25-21-17(12-24-28(21)22(19)27-26-13)16-10-15-4-2-3-5-18(15)23-11-16/h3-9,15-16,18H,10-14H2,1-2H3,(H,32,33)(H,35,36);3-6,11,13-15,17H,7-10,12H2,1-2H3,(H,32,33)(H,35,36);4-5,11-14,16H,6-10H2,1-3H3,(H,31,32)(H,35,36);2-5,10-12,14H,6-9H2,1H3,(H,26,27). The summed E-state index contributed by atoms with van der Waals surface area (Å²) in [5.74, 6) is -0.445. The molecule has 24 rings (SSSR count). The van der Waals surface area contributed by atoms with Crippen LogP contribution in [0.5, 0.6) is 0 Å². The number of nitrogens with one attached hydrogen (secondary N) is 4. The first kappa shape index (κ1) is 89.9. The summed E-state index contributed by atoms with van der Waals surface area (Å²) in [5.41, 5.74) is 25.6.